The van der Waals surface area contributed by atoms with Crippen molar-refractivity contribution in [3.8, 4) is 0 Å². The second-order valence-corrected chi connectivity index (χ2v) is 4.44. The third-order valence-electron chi connectivity index (χ3n) is 1.92. The Labute approximate surface area is 96.2 Å². The zero-order valence-electron chi connectivity index (χ0n) is 8.77. The highest BCUT2D eigenvalue weighted by Crippen LogP contribution is 2.38. The van der Waals surface area contributed by atoms with Gasteiger partial charge in [0.25, 0.3) is 0 Å². The molecule has 6 heteroatoms. The topological polar surface area (TPSA) is 52.0 Å². The SMILES string of the molecule is CCCSc1c(N)cc(C(F)(F)F)cc1N. The number of nitrogens with two attached hydrogens (primary N) is 2. The molecule has 16 heavy (non-hydrogen) atoms. The van der Waals surface area contributed by atoms with Crippen LogP contribution in [0.1, 0.15) is 18.9 Å². The number of rotatable bonds is 3. The summed E-state index contributed by atoms with van der Waals surface area (Å²) in [6, 6.07) is 1.85. The molecule has 0 saturated heterocycles. The molecule has 0 heterocycles. The maximum atomic E-state index is 12.4. The lowest BCUT2D eigenvalue weighted by Crippen LogP contribution is -2.08. The maximum Gasteiger partial charge on any atom is 0.416 e. The van der Waals surface area contributed by atoms with Gasteiger partial charge in [0.15, 0.2) is 0 Å². The Morgan fingerprint density at radius 3 is 2.06 bits per heavy atom. The van der Waals surface area contributed by atoms with Gasteiger partial charge in [-0.1, -0.05) is 6.92 Å². The van der Waals surface area contributed by atoms with E-state index in [9.17, 15) is 13.2 Å². The second-order valence-electron chi connectivity index (χ2n) is 3.33. The van der Waals surface area contributed by atoms with Gasteiger partial charge in [-0.2, -0.15) is 13.2 Å². The number of hydrogen-bond acceptors (Lipinski definition) is 3. The van der Waals surface area contributed by atoms with E-state index in [1.165, 1.54) is 11.8 Å². The summed E-state index contributed by atoms with van der Waals surface area (Å²) in [7, 11) is 0. The van der Waals surface area contributed by atoms with Crippen LogP contribution in [0.2, 0.25) is 0 Å². The van der Waals surface area contributed by atoms with Gasteiger partial charge in [-0.25, -0.2) is 0 Å². The van der Waals surface area contributed by atoms with Gasteiger partial charge in [0.2, 0.25) is 0 Å². The van der Waals surface area contributed by atoms with E-state index in [1.54, 1.807) is 0 Å². The zero-order chi connectivity index (χ0) is 12.3. The fourth-order valence-corrected chi connectivity index (χ4v) is 2.07. The first-order valence-corrected chi connectivity index (χ1v) is 5.73. The van der Waals surface area contributed by atoms with Gasteiger partial charge in [-0.05, 0) is 24.3 Å². The first-order valence-electron chi connectivity index (χ1n) is 4.75. The summed E-state index contributed by atoms with van der Waals surface area (Å²) in [5, 5.41) is 0. The number of nitrogen functional groups attached to an aromatic ring is 2. The number of halogens is 3. The van der Waals surface area contributed by atoms with E-state index >= 15 is 0 Å². The molecule has 90 valence electrons. The van der Waals surface area contributed by atoms with Crippen molar-refractivity contribution in [3.05, 3.63) is 17.7 Å². The van der Waals surface area contributed by atoms with Crippen molar-refractivity contribution < 1.29 is 13.2 Å². The van der Waals surface area contributed by atoms with E-state index in [0.717, 1.165) is 24.3 Å². The van der Waals surface area contributed by atoms with E-state index < -0.39 is 11.7 Å². The lowest BCUT2D eigenvalue weighted by atomic mass is 10.1. The molecule has 0 fully saturated rings. The number of anilines is 2. The van der Waals surface area contributed by atoms with Crippen LogP contribution in [0.25, 0.3) is 0 Å². The first kappa shape index (κ1) is 13.0. The molecule has 0 spiro atoms. The van der Waals surface area contributed by atoms with Crippen molar-refractivity contribution in [2.75, 3.05) is 17.2 Å². The minimum atomic E-state index is -4.41. The Balaban J connectivity index is 3.08. The summed E-state index contributed by atoms with van der Waals surface area (Å²) in [6.45, 7) is 1.98. The average molecular weight is 250 g/mol. The van der Waals surface area contributed by atoms with Crippen LogP contribution in [-0.2, 0) is 6.18 Å². The van der Waals surface area contributed by atoms with E-state index in [-0.39, 0.29) is 11.4 Å². The summed E-state index contributed by atoms with van der Waals surface area (Å²) in [6.07, 6.45) is -3.50. The minimum Gasteiger partial charge on any atom is -0.398 e. The molecule has 0 unspecified atom stereocenters. The summed E-state index contributed by atoms with van der Waals surface area (Å²) in [4.78, 5) is 0.537. The summed E-state index contributed by atoms with van der Waals surface area (Å²) in [5.41, 5.74) is 10.5. The molecule has 0 aliphatic heterocycles. The molecule has 2 nitrogen and oxygen atoms in total. The van der Waals surface area contributed by atoms with Crippen molar-refractivity contribution in [2.24, 2.45) is 0 Å². The van der Waals surface area contributed by atoms with Crippen molar-refractivity contribution in [3.63, 3.8) is 0 Å². The normalized spacial score (nSPS) is 11.8. The van der Waals surface area contributed by atoms with Gasteiger partial charge in [-0.3, -0.25) is 0 Å². The van der Waals surface area contributed by atoms with Crippen molar-refractivity contribution in [1.82, 2.24) is 0 Å². The van der Waals surface area contributed by atoms with Crippen LogP contribution in [0.5, 0.6) is 0 Å². The lowest BCUT2D eigenvalue weighted by Gasteiger charge is -2.13. The van der Waals surface area contributed by atoms with Crippen LogP contribution in [0.4, 0.5) is 24.5 Å². The van der Waals surface area contributed by atoms with Crippen molar-refractivity contribution >= 4 is 23.1 Å². The van der Waals surface area contributed by atoms with E-state index in [2.05, 4.69) is 0 Å². The molecule has 0 saturated carbocycles. The third kappa shape index (κ3) is 2.98. The quantitative estimate of drug-likeness (QED) is 0.638. The predicted molar refractivity (Wildman–Crippen MR) is 61.3 cm³/mol. The van der Waals surface area contributed by atoms with E-state index in [4.69, 9.17) is 11.5 Å². The standard InChI is InChI=1S/C10H13F3N2S/c1-2-3-16-9-7(14)4-6(5-8(9)15)10(11,12)13/h4-5H,2-3,14-15H2,1H3. The van der Waals surface area contributed by atoms with Crippen molar-refractivity contribution in [1.29, 1.82) is 0 Å². The maximum absolute atomic E-state index is 12.4. The van der Waals surface area contributed by atoms with Crippen LogP contribution in [-0.4, -0.2) is 5.75 Å². The zero-order valence-corrected chi connectivity index (χ0v) is 9.58. The molecule has 0 amide bonds. The minimum absolute atomic E-state index is 0.0887. The number of thioether (sulfide) groups is 1. The molecular weight excluding hydrogens is 237 g/mol. The predicted octanol–water partition coefficient (Wildman–Crippen LogP) is 3.37. The van der Waals surface area contributed by atoms with Crippen LogP contribution in [0.15, 0.2) is 17.0 Å². The van der Waals surface area contributed by atoms with Gasteiger partial charge in [0.1, 0.15) is 0 Å². The molecule has 0 radical (unpaired) electrons. The molecule has 0 atom stereocenters. The van der Waals surface area contributed by atoms with Crippen LogP contribution in [0, 0.1) is 0 Å². The molecule has 1 aromatic carbocycles. The van der Waals surface area contributed by atoms with Gasteiger partial charge in [0, 0.05) is 11.4 Å². The highest BCUT2D eigenvalue weighted by atomic mass is 32.2. The molecule has 4 N–H and O–H groups in total. The number of alkyl halides is 3. The highest BCUT2D eigenvalue weighted by molar-refractivity contribution is 7.99. The Morgan fingerprint density at radius 2 is 1.69 bits per heavy atom. The fraction of sp³-hybridized carbons (Fsp3) is 0.400. The molecule has 0 aliphatic rings. The number of hydrogen-bond donors (Lipinski definition) is 2. The Hall–Kier alpha value is -1.04. The highest BCUT2D eigenvalue weighted by Gasteiger charge is 2.31. The van der Waals surface area contributed by atoms with Gasteiger partial charge in [0.05, 0.1) is 10.5 Å². The van der Waals surface area contributed by atoms with Gasteiger partial charge >= 0.3 is 6.18 Å². The Kier molecular flexibility index (Phi) is 3.96. The monoisotopic (exact) mass is 250 g/mol. The molecule has 1 rings (SSSR count). The third-order valence-corrected chi connectivity index (χ3v) is 3.30. The van der Waals surface area contributed by atoms with E-state index in [0.29, 0.717) is 4.90 Å². The smallest absolute Gasteiger partial charge is 0.398 e. The van der Waals surface area contributed by atoms with Gasteiger partial charge in [-0.15, -0.1) is 11.8 Å². The van der Waals surface area contributed by atoms with Crippen molar-refractivity contribution in [2.45, 2.75) is 24.4 Å². The summed E-state index contributed by atoms with van der Waals surface area (Å²) >= 11 is 1.38. The first-order chi connectivity index (χ1) is 7.36. The van der Waals surface area contributed by atoms with E-state index in [1.807, 2.05) is 6.92 Å². The van der Waals surface area contributed by atoms with Crippen LogP contribution in [0.3, 0.4) is 0 Å². The van der Waals surface area contributed by atoms with Crippen LogP contribution < -0.4 is 11.5 Å². The summed E-state index contributed by atoms with van der Waals surface area (Å²) in [5.74, 6) is 0.778. The summed E-state index contributed by atoms with van der Waals surface area (Å²) < 4.78 is 37.2. The number of benzene rings is 1. The lowest BCUT2D eigenvalue weighted by molar-refractivity contribution is -0.137. The van der Waals surface area contributed by atoms with Crippen LogP contribution >= 0.6 is 11.8 Å². The molecular formula is C10H13F3N2S. The molecule has 0 aliphatic carbocycles. The van der Waals surface area contributed by atoms with Gasteiger partial charge < -0.3 is 11.5 Å². The molecule has 1 aromatic rings. The average Bonchev–Trinajstić information content (AvgIpc) is 2.15. The Bertz CT molecular complexity index is 354. The molecule has 0 bridgehead atoms. The largest absolute Gasteiger partial charge is 0.416 e. The Morgan fingerprint density at radius 1 is 1.19 bits per heavy atom. The fourth-order valence-electron chi connectivity index (χ4n) is 1.21. The molecule has 0 aromatic heterocycles. The second kappa shape index (κ2) is 4.86.